The highest BCUT2D eigenvalue weighted by Crippen LogP contribution is 2.37. The largest absolute Gasteiger partial charge is 0.339 e. The van der Waals surface area contributed by atoms with Gasteiger partial charge in [0.1, 0.15) is 0 Å². The first-order chi connectivity index (χ1) is 7.37. The smallest absolute Gasteiger partial charge is 0.219 e. The van der Waals surface area contributed by atoms with Gasteiger partial charge >= 0.3 is 0 Å². The first kappa shape index (κ1) is 16.5. The van der Waals surface area contributed by atoms with Crippen molar-refractivity contribution in [3.05, 3.63) is 0 Å². The lowest BCUT2D eigenvalue weighted by Crippen LogP contribution is -2.54. The standard InChI is InChI=1S/C15H31NO/c1-11(2)10-16(12(3)17)13(14(4,5)6)15(7,8)9/h11,13H,10H2,1-9H3. The third-order valence-electron chi connectivity index (χ3n) is 2.92. The van der Waals surface area contributed by atoms with Gasteiger partial charge in [-0.3, -0.25) is 4.79 Å². The summed E-state index contributed by atoms with van der Waals surface area (Å²) in [5.74, 6) is 0.694. The van der Waals surface area contributed by atoms with Crippen LogP contribution in [0.15, 0.2) is 0 Å². The van der Waals surface area contributed by atoms with Crippen LogP contribution in [0.25, 0.3) is 0 Å². The van der Waals surface area contributed by atoms with Gasteiger partial charge in [-0.2, -0.15) is 0 Å². The van der Waals surface area contributed by atoms with E-state index in [-0.39, 0.29) is 22.8 Å². The van der Waals surface area contributed by atoms with Gasteiger partial charge in [-0.25, -0.2) is 0 Å². The van der Waals surface area contributed by atoms with E-state index in [0.29, 0.717) is 5.92 Å². The second-order valence-electron chi connectivity index (χ2n) is 7.70. The van der Waals surface area contributed by atoms with Crippen LogP contribution >= 0.6 is 0 Å². The fourth-order valence-corrected chi connectivity index (χ4v) is 3.04. The minimum absolute atomic E-state index is 0.0960. The van der Waals surface area contributed by atoms with E-state index in [0.717, 1.165) is 6.54 Å². The van der Waals surface area contributed by atoms with Crippen molar-refractivity contribution in [1.29, 1.82) is 0 Å². The monoisotopic (exact) mass is 241 g/mol. The minimum atomic E-state index is 0.0960. The Morgan fingerprint density at radius 3 is 1.53 bits per heavy atom. The van der Waals surface area contributed by atoms with Crippen molar-refractivity contribution in [2.24, 2.45) is 16.7 Å². The summed E-state index contributed by atoms with van der Waals surface area (Å²) in [7, 11) is 0. The van der Waals surface area contributed by atoms with Crippen LogP contribution in [0.1, 0.15) is 62.3 Å². The lowest BCUT2D eigenvalue weighted by molar-refractivity contribution is -0.138. The van der Waals surface area contributed by atoms with E-state index in [4.69, 9.17) is 0 Å². The minimum Gasteiger partial charge on any atom is -0.339 e. The van der Waals surface area contributed by atoms with E-state index in [1.54, 1.807) is 6.92 Å². The molecule has 0 aliphatic carbocycles. The zero-order valence-electron chi connectivity index (χ0n) is 13.2. The number of carbonyl (C=O) groups is 1. The van der Waals surface area contributed by atoms with Crippen molar-refractivity contribution in [1.82, 2.24) is 4.90 Å². The summed E-state index contributed by atoms with van der Waals surface area (Å²) >= 11 is 0. The Hall–Kier alpha value is -0.530. The van der Waals surface area contributed by atoms with Crippen molar-refractivity contribution >= 4 is 5.91 Å². The lowest BCUT2D eigenvalue weighted by Gasteiger charge is -2.48. The Kier molecular flexibility index (Phi) is 5.24. The molecule has 0 radical (unpaired) electrons. The molecule has 0 aromatic rings. The number of hydrogen-bond acceptors (Lipinski definition) is 1. The molecular formula is C15H31NO. The summed E-state index contributed by atoms with van der Waals surface area (Å²) in [6.45, 7) is 20.2. The maximum atomic E-state index is 11.9. The van der Waals surface area contributed by atoms with Gasteiger partial charge in [0.25, 0.3) is 0 Å². The fraction of sp³-hybridized carbons (Fsp3) is 0.933. The van der Waals surface area contributed by atoms with Crippen molar-refractivity contribution in [3.63, 3.8) is 0 Å². The topological polar surface area (TPSA) is 20.3 Å². The molecule has 0 N–H and O–H groups in total. The lowest BCUT2D eigenvalue weighted by atomic mass is 9.71. The Balaban J connectivity index is 5.32. The number of carbonyl (C=O) groups excluding carboxylic acids is 1. The molecule has 0 heterocycles. The summed E-state index contributed by atoms with van der Waals surface area (Å²) in [5.41, 5.74) is 0.192. The molecule has 102 valence electrons. The molecule has 0 bridgehead atoms. The first-order valence-corrected chi connectivity index (χ1v) is 6.64. The molecule has 0 rings (SSSR count). The van der Waals surface area contributed by atoms with E-state index in [1.165, 1.54) is 0 Å². The molecule has 0 aliphatic heterocycles. The maximum Gasteiger partial charge on any atom is 0.219 e. The molecule has 0 aliphatic rings. The third kappa shape index (κ3) is 5.10. The molecule has 0 fully saturated rings. The molecule has 2 nitrogen and oxygen atoms in total. The molecule has 2 heteroatoms. The van der Waals surface area contributed by atoms with Crippen LogP contribution in [0, 0.1) is 16.7 Å². The van der Waals surface area contributed by atoms with E-state index in [1.807, 2.05) is 0 Å². The van der Waals surface area contributed by atoms with Crippen molar-refractivity contribution in [3.8, 4) is 0 Å². The average Bonchev–Trinajstić information content (AvgIpc) is 1.95. The van der Waals surface area contributed by atoms with Crippen LogP contribution in [0.2, 0.25) is 0 Å². The number of nitrogens with zero attached hydrogens (tertiary/aromatic N) is 1. The normalized spacial score (nSPS) is 13.4. The summed E-state index contributed by atoms with van der Waals surface area (Å²) in [6.07, 6.45) is 0. The molecule has 0 aromatic heterocycles. The van der Waals surface area contributed by atoms with Crippen LogP contribution in [-0.4, -0.2) is 23.4 Å². The zero-order chi connectivity index (χ0) is 14.0. The average molecular weight is 241 g/mol. The van der Waals surface area contributed by atoms with E-state index in [9.17, 15) is 4.79 Å². The van der Waals surface area contributed by atoms with Crippen molar-refractivity contribution in [2.45, 2.75) is 68.4 Å². The maximum absolute atomic E-state index is 11.9. The Labute approximate surface area is 108 Å². The molecule has 0 saturated carbocycles. The molecule has 0 saturated heterocycles. The molecule has 0 unspecified atom stereocenters. The van der Waals surface area contributed by atoms with Gasteiger partial charge in [0, 0.05) is 19.5 Å². The Morgan fingerprint density at radius 1 is 1.00 bits per heavy atom. The van der Waals surface area contributed by atoms with Crippen molar-refractivity contribution < 1.29 is 4.79 Å². The van der Waals surface area contributed by atoms with Gasteiger partial charge in [0.15, 0.2) is 0 Å². The van der Waals surface area contributed by atoms with Gasteiger partial charge in [-0.1, -0.05) is 55.4 Å². The number of amides is 1. The number of hydrogen-bond donors (Lipinski definition) is 0. The summed E-state index contributed by atoms with van der Waals surface area (Å²) in [4.78, 5) is 14.0. The van der Waals surface area contributed by atoms with Crippen LogP contribution in [-0.2, 0) is 4.79 Å². The van der Waals surface area contributed by atoms with Gasteiger partial charge < -0.3 is 4.90 Å². The highest BCUT2D eigenvalue weighted by molar-refractivity contribution is 5.73. The van der Waals surface area contributed by atoms with Crippen LogP contribution < -0.4 is 0 Å². The van der Waals surface area contributed by atoms with Crippen LogP contribution in [0.4, 0.5) is 0 Å². The summed E-state index contributed by atoms with van der Waals surface area (Å²) in [5, 5.41) is 0. The molecular weight excluding hydrogens is 210 g/mol. The second kappa shape index (κ2) is 5.41. The molecule has 0 aromatic carbocycles. The molecule has 1 amide bonds. The van der Waals surface area contributed by atoms with Crippen LogP contribution in [0.5, 0.6) is 0 Å². The zero-order valence-corrected chi connectivity index (χ0v) is 13.2. The second-order valence-corrected chi connectivity index (χ2v) is 7.70. The summed E-state index contributed by atoms with van der Waals surface area (Å²) < 4.78 is 0. The molecule has 0 atom stereocenters. The van der Waals surface area contributed by atoms with E-state index < -0.39 is 0 Å². The SMILES string of the molecule is CC(=O)N(CC(C)C)C(C(C)(C)C)C(C)(C)C. The molecule has 0 spiro atoms. The van der Waals surface area contributed by atoms with Gasteiger partial charge in [-0.15, -0.1) is 0 Å². The Morgan fingerprint density at radius 2 is 1.35 bits per heavy atom. The van der Waals surface area contributed by atoms with Gasteiger partial charge in [0.05, 0.1) is 0 Å². The van der Waals surface area contributed by atoms with E-state index in [2.05, 4.69) is 60.3 Å². The van der Waals surface area contributed by atoms with E-state index >= 15 is 0 Å². The Bertz CT molecular complexity index is 241. The molecule has 17 heavy (non-hydrogen) atoms. The highest BCUT2D eigenvalue weighted by atomic mass is 16.2. The number of rotatable bonds is 3. The van der Waals surface area contributed by atoms with Gasteiger partial charge in [-0.05, 0) is 16.7 Å². The predicted octanol–water partition coefficient (Wildman–Crippen LogP) is 3.95. The van der Waals surface area contributed by atoms with Gasteiger partial charge in [0.2, 0.25) is 5.91 Å². The summed E-state index contributed by atoms with van der Waals surface area (Å²) in [6, 6.07) is 0.259. The fourth-order valence-electron chi connectivity index (χ4n) is 3.04. The first-order valence-electron chi connectivity index (χ1n) is 6.64. The van der Waals surface area contributed by atoms with Crippen molar-refractivity contribution in [2.75, 3.05) is 6.54 Å². The predicted molar refractivity (Wildman–Crippen MR) is 74.9 cm³/mol. The third-order valence-corrected chi connectivity index (χ3v) is 2.92. The van der Waals surface area contributed by atoms with Crippen LogP contribution in [0.3, 0.4) is 0 Å². The highest BCUT2D eigenvalue weighted by Gasteiger charge is 2.40. The quantitative estimate of drug-likeness (QED) is 0.732.